The topological polar surface area (TPSA) is 46.2 Å². The van der Waals surface area contributed by atoms with E-state index in [1.165, 1.54) is 24.3 Å². The molecule has 0 aliphatic rings. The van der Waals surface area contributed by atoms with E-state index in [1.54, 1.807) is 0 Å². The highest BCUT2D eigenvalue weighted by molar-refractivity contribution is 7.88. The lowest BCUT2D eigenvalue weighted by atomic mass is 10.0. The number of hydrogen-bond donors (Lipinski definition) is 1. The van der Waals surface area contributed by atoms with Gasteiger partial charge in [-0.2, -0.15) is 0 Å². The molecule has 0 aliphatic carbocycles. The Morgan fingerprint density at radius 2 is 1.67 bits per heavy atom. The number of rotatable bonds is 6. The molecule has 0 aliphatic heterocycles. The molecule has 0 heterocycles. The van der Waals surface area contributed by atoms with Gasteiger partial charge in [-0.1, -0.05) is 49.4 Å². The lowest BCUT2D eigenvalue weighted by Crippen LogP contribution is -2.28. The summed E-state index contributed by atoms with van der Waals surface area (Å²) in [6.45, 7) is 2.31. The lowest BCUT2D eigenvalue weighted by molar-refractivity contribution is 0.574. The zero-order chi connectivity index (χ0) is 15.3. The van der Waals surface area contributed by atoms with Crippen molar-refractivity contribution in [2.45, 2.75) is 18.6 Å². The molecule has 0 spiro atoms. The van der Waals surface area contributed by atoms with E-state index in [-0.39, 0.29) is 17.5 Å². The zero-order valence-electron chi connectivity index (χ0n) is 11.8. The fourth-order valence-corrected chi connectivity index (χ4v) is 3.24. The fraction of sp³-hybridized carbons (Fsp3) is 0.250. The van der Waals surface area contributed by atoms with E-state index < -0.39 is 10.0 Å². The molecule has 0 aromatic heterocycles. The third kappa shape index (κ3) is 4.95. The van der Waals surface area contributed by atoms with Crippen LogP contribution in [0.3, 0.4) is 0 Å². The molecule has 0 fully saturated rings. The smallest absolute Gasteiger partial charge is 0.214 e. The van der Waals surface area contributed by atoms with Gasteiger partial charge in [0, 0.05) is 6.54 Å². The van der Waals surface area contributed by atoms with Crippen LogP contribution in [0.25, 0.3) is 0 Å². The Morgan fingerprint density at radius 1 is 1.05 bits per heavy atom. The van der Waals surface area contributed by atoms with Gasteiger partial charge in [0.1, 0.15) is 5.82 Å². The van der Waals surface area contributed by atoms with Crippen molar-refractivity contribution in [1.82, 2.24) is 4.72 Å². The molecule has 112 valence electrons. The van der Waals surface area contributed by atoms with Crippen LogP contribution >= 0.6 is 0 Å². The largest absolute Gasteiger partial charge is 0.215 e. The minimum atomic E-state index is -3.42. The lowest BCUT2D eigenvalue weighted by Gasteiger charge is -2.13. The first-order valence-electron chi connectivity index (χ1n) is 6.73. The van der Waals surface area contributed by atoms with Crippen molar-refractivity contribution < 1.29 is 12.8 Å². The van der Waals surface area contributed by atoms with E-state index in [4.69, 9.17) is 0 Å². The van der Waals surface area contributed by atoms with Crippen molar-refractivity contribution in [1.29, 1.82) is 0 Å². The predicted molar refractivity (Wildman–Crippen MR) is 81.9 cm³/mol. The van der Waals surface area contributed by atoms with Crippen LogP contribution < -0.4 is 4.72 Å². The molecule has 2 aromatic rings. The maximum absolute atomic E-state index is 12.8. The van der Waals surface area contributed by atoms with Crippen molar-refractivity contribution in [3.63, 3.8) is 0 Å². The highest BCUT2D eigenvalue weighted by atomic mass is 32.2. The normalized spacial score (nSPS) is 13.0. The van der Waals surface area contributed by atoms with Crippen molar-refractivity contribution in [2.24, 2.45) is 0 Å². The Bertz CT molecular complexity index is 669. The second-order valence-electron chi connectivity index (χ2n) is 5.05. The molecule has 0 saturated heterocycles. The molecular weight excluding hydrogens is 289 g/mol. The zero-order valence-corrected chi connectivity index (χ0v) is 12.6. The molecule has 0 bridgehead atoms. The molecule has 0 radical (unpaired) electrons. The first-order valence-corrected chi connectivity index (χ1v) is 8.38. The average molecular weight is 307 g/mol. The molecule has 1 N–H and O–H groups in total. The van der Waals surface area contributed by atoms with Gasteiger partial charge in [0.05, 0.1) is 5.75 Å². The molecule has 2 rings (SSSR count). The van der Waals surface area contributed by atoms with E-state index in [0.29, 0.717) is 12.1 Å². The highest BCUT2D eigenvalue weighted by Crippen LogP contribution is 2.14. The van der Waals surface area contributed by atoms with Crippen LogP contribution in [0.15, 0.2) is 54.6 Å². The first-order chi connectivity index (χ1) is 9.96. The second-order valence-corrected chi connectivity index (χ2v) is 6.85. The molecule has 0 unspecified atom stereocenters. The quantitative estimate of drug-likeness (QED) is 0.891. The van der Waals surface area contributed by atoms with Gasteiger partial charge in [0.2, 0.25) is 10.0 Å². The number of benzene rings is 2. The summed E-state index contributed by atoms with van der Waals surface area (Å²) in [5, 5.41) is 0. The summed E-state index contributed by atoms with van der Waals surface area (Å²) in [5.74, 6) is -0.426. The maximum atomic E-state index is 12.8. The number of sulfonamides is 1. The number of nitrogens with one attached hydrogen (secondary N) is 1. The van der Waals surface area contributed by atoms with Gasteiger partial charge >= 0.3 is 0 Å². The van der Waals surface area contributed by atoms with E-state index in [1.807, 2.05) is 37.3 Å². The molecule has 3 nitrogen and oxygen atoms in total. The number of halogens is 1. The van der Waals surface area contributed by atoms with Gasteiger partial charge in [-0.15, -0.1) is 0 Å². The van der Waals surface area contributed by atoms with Crippen molar-refractivity contribution in [3.8, 4) is 0 Å². The minimum Gasteiger partial charge on any atom is -0.214 e. The molecule has 21 heavy (non-hydrogen) atoms. The third-order valence-corrected chi connectivity index (χ3v) is 4.57. The highest BCUT2D eigenvalue weighted by Gasteiger charge is 2.14. The average Bonchev–Trinajstić information content (AvgIpc) is 2.48. The SMILES string of the molecule is C[C@H](CNS(=O)(=O)Cc1ccc(F)cc1)c1ccccc1. The van der Waals surface area contributed by atoms with Crippen molar-refractivity contribution in [3.05, 3.63) is 71.5 Å². The predicted octanol–water partition coefficient (Wildman–Crippen LogP) is 3.05. The van der Waals surface area contributed by atoms with Gasteiger partial charge in [-0.05, 0) is 29.2 Å². The Labute approximate surface area is 124 Å². The summed E-state index contributed by atoms with van der Waals surface area (Å²) in [6, 6.07) is 15.2. The van der Waals surface area contributed by atoms with Crippen LogP contribution in [-0.4, -0.2) is 15.0 Å². The van der Waals surface area contributed by atoms with Crippen LogP contribution in [-0.2, 0) is 15.8 Å². The molecule has 0 amide bonds. The van der Waals surface area contributed by atoms with E-state index in [2.05, 4.69) is 4.72 Å². The van der Waals surface area contributed by atoms with Gasteiger partial charge in [0.15, 0.2) is 0 Å². The molecule has 5 heteroatoms. The van der Waals surface area contributed by atoms with E-state index >= 15 is 0 Å². The summed E-state index contributed by atoms with van der Waals surface area (Å²) < 4.78 is 39.4. The van der Waals surface area contributed by atoms with Crippen LogP contribution in [0.5, 0.6) is 0 Å². The Hall–Kier alpha value is -1.72. The fourth-order valence-electron chi connectivity index (χ4n) is 2.00. The first kappa shape index (κ1) is 15.7. The van der Waals surface area contributed by atoms with Crippen molar-refractivity contribution in [2.75, 3.05) is 6.54 Å². The summed E-state index contributed by atoms with van der Waals surface area (Å²) in [4.78, 5) is 0. The van der Waals surface area contributed by atoms with Gasteiger partial charge in [-0.25, -0.2) is 17.5 Å². The standard InChI is InChI=1S/C16H18FNO2S/c1-13(15-5-3-2-4-6-15)11-18-21(19,20)12-14-7-9-16(17)10-8-14/h2-10,13,18H,11-12H2,1H3/t13-/m1/s1. The Kier molecular flexibility index (Phi) is 5.09. The number of hydrogen-bond acceptors (Lipinski definition) is 2. The molecular formula is C16H18FNO2S. The minimum absolute atomic E-state index is 0.0918. The van der Waals surface area contributed by atoms with Crippen LogP contribution in [0.1, 0.15) is 24.0 Å². The van der Waals surface area contributed by atoms with Crippen LogP contribution in [0.2, 0.25) is 0 Å². The second kappa shape index (κ2) is 6.83. The summed E-state index contributed by atoms with van der Waals surface area (Å²) in [7, 11) is -3.42. The third-order valence-electron chi connectivity index (χ3n) is 3.25. The Morgan fingerprint density at radius 3 is 2.29 bits per heavy atom. The molecule has 2 aromatic carbocycles. The molecule has 1 atom stereocenters. The molecule has 0 saturated carbocycles. The van der Waals surface area contributed by atoms with E-state index in [0.717, 1.165) is 5.56 Å². The van der Waals surface area contributed by atoms with Crippen molar-refractivity contribution >= 4 is 10.0 Å². The van der Waals surface area contributed by atoms with Gasteiger partial charge in [0.25, 0.3) is 0 Å². The van der Waals surface area contributed by atoms with Crippen LogP contribution in [0, 0.1) is 5.82 Å². The summed E-state index contributed by atoms with van der Waals surface area (Å²) in [5.41, 5.74) is 1.65. The van der Waals surface area contributed by atoms with Gasteiger partial charge < -0.3 is 0 Å². The van der Waals surface area contributed by atoms with E-state index in [9.17, 15) is 12.8 Å². The Balaban J connectivity index is 1.94. The monoisotopic (exact) mass is 307 g/mol. The van der Waals surface area contributed by atoms with Gasteiger partial charge in [-0.3, -0.25) is 0 Å². The summed E-state index contributed by atoms with van der Waals surface area (Å²) >= 11 is 0. The van der Waals surface area contributed by atoms with Crippen LogP contribution in [0.4, 0.5) is 4.39 Å². The maximum Gasteiger partial charge on any atom is 0.215 e. The summed E-state index contributed by atoms with van der Waals surface area (Å²) in [6.07, 6.45) is 0.